The first-order valence-electron chi connectivity index (χ1n) is 8.66. The van der Waals surface area contributed by atoms with E-state index in [0.717, 1.165) is 0 Å². The monoisotopic (exact) mass is 662 g/mol. The molecule has 0 aromatic rings. The average Bonchev–Trinajstić information content (AvgIpc) is 2.70. The Kier molecular flexibility index (Phi) is 6.19. The summed E-state index contributed by atoms with van der Waals surface area (Å²) in [5.74, 6) is -56.7. The van der Waals surface area contributed by atoms with Crippen LogP contribution in [0.25, 0.3) is 0 Å². The molecule has 26 heteroatoms. The molecule has 2 rings (SSSR count). The summed E-state index contributed by atoms with van der Waals surface area (Å²) >= 11 is 0. The van der Waals surface area contributed by atoms with E-state index in [1.165, 1.54) is 0 Å². The third-order valence-corrected chi connectivity index (χ3v) is 6.38. The Bertz CT molecular complexity index is 1040. The van der Waals surface area contributed by atoms with Crippen molar-refractivity contribution in [2.75, 3.05) is 0 Å². The Labute approximate surface area is 198 Å². The van der Waals surface area contributed by atoms with E-state index in [2.05, 4.69) is 0 Å². The van der Waals surface area contributed by atoms with Crippen molar-refractivity contribution in [2.45, 2.75) is 82.4 Å². The van der Waals surface area contributed by atoms with E-state index in [9.17, 15) is 105 Å². The van der Waals surface area contributed by atoms with E-state index in [1.807, 2.05) is 0 Å². The highest BCUT2D eigenvalue weighted by atomic mass is 19.4. The molecule has 2 fully saturated rings. The van der Waals surface area contributed by atoms with Gasteiger partial charge in [-0.25, -0.2) is 22.0 Å². The summed E-state index contributed by atoms with van der Waals surface area (Å²) in [6, 6.07) is 0. The Hall–Kier alpha value is -1.82. The van der Waals surface area contributed by atoms with Gasteiger partial charge < -0.3 is 0 Å². The van der Waals surface area contributed by atoms with Crippen molar-refractivity contribution in [3.8, 4) is 0 Å². The van der Waals surface area contributed by atoms with Gasteiger partial charge >= 0.3 is 65.4 Å². The van der Waals surface area contributed by atoms with Crippen LogP contribution in [0.15, 0.2) is 0 Å². The zero-order valence-electron chi connectivity index (χ0n) is 16.8. The smallest absolute Gasteiger partial charge is 0.231 e. The van der Waals surface area contributed by atoms with E-state index < -0.39 is 82.4 Å². The van der Waals surface area contributed by atoms with Crippen LogP contribution in [0.4, 0.5) is 114 Å². The lowest BCUT2D eigenvalue weighted by molar-refractivity contribution is -0.571. The normalized spacial score (nSPS) is 40.4. The molecular weight excluding hydrogens is 662 g/mol. The summed E-state index contributed by atoms with van der Waals surface area (Å²) in [5.41, 5.74) is -51.0. The van der Waals surface area contributed by atoms with Gasteiger partial charge in [0.1, 0.15) is 0 Å². The van der Waals surface area contributed by atoms with Crippen LogP contribution < -0.4 is 0 Å². The van der Waals surface area contributed by atoms with E-state index in [0.29, 0.717) is 0 Å². The molecule has 4 unspecified atom stereocenters. The van der Waals surface area contributed by atoms with Gasteiger partial charge in [-0.1, -0.05) is 0 Å². The number of fused-ring (bicyclic) bond motifs is 1. The van der Waals surface area contributed by atoms with E-state index in [4.69, 9.17) is 0 Å². The number of alkyl halides is 26. The molecular formula is C14F26. The fraction of sp³-hybridized carbons (Fsp3) is 1.00. The molecule has 0 heterocycles. The highest BCUT2D eigenvalue weighted by Crippen LogP contribution is 2.85. The van der Waals surface area contributed by atoms with Crippen LogP contribution in [-0.2, 0) is 0 Å². The summed E-state index contributed by atoms with van der Waals surface area (Å²) in [6.45, 7) is 0. The van der Waals surface area contributed by atoms with Crippen molar-refractivity contribution in [1.82, 2.24) is 0 Å². The molecule has 2 saturated carbocycles. The first-order valence-corrected chi connectivity index (χ1v) is 8.66. The minimum Gasteiger partial charge on any atom is -0.231 e. The highest BCUT2D eigenvalue weighted by Gasteiger charge is 3.19. The van der Waals surface area contributed by atoms with Gasteiger partial charge in [0, 0.05) is 0 Å². The minimum atomic E-state index is -10.6. The van der Waals surface area contributed by atoms with Gasteiger partial charge in [-0.05, 0) is 0 Å². The summed E-state index contributed by atoms with van der Waals surface area (Å²) < 4.78 is 361. The van der Waals surface area contributed by atoms with Crippen LogP contribution in [0.1, 0.15) is 0 Å². The Balaban J connectivity index is 3.70. The van der Waals surface area contributed by atoms with E-state index in [1.54, 1.807) is 0 Å². The lowest BCUT2D eigenvalue weighted by atomic mass is 9.44. The molecule has 2 aliphatic rings. The predicted octanol–water partition coefficient (Wildman–Crippen LogP) is 8.05. The maximum Gasteiger partial charge on any atom is 0.435 e. The van der Waals surface area contributed by atoms with Crippen LogP contribution in [0.2, 0.25) is 0 Å². The number of hydrogen-bond acceptors (Lipinski definition) is 0. The zero-order valence-corrected chi connectivity index (χ0v) is 16.8. The minimum absolute atomic E-state index is 8.99. The molecule has 0 saturated heterocycles. The Morgan fingerprint density at radius 3 is 0.775 bits per heavy atom. The van der Waals surface area contributed by atoms with Crippen LogP contribution in [0.3, 0.4) is 0 Å². The fourth-order valence-corrected chi connectivity index (χ4v) is 4.41. The number of halogens is 26. The van der Waals surface area contributed by atoms with Crippen LogP contribution >= 0.6 is 0 Å². The summed E-state index contributed by atoms with van der Waals surface area (Å²) in [5, 5.41) is 0. The molecule has 0 amide bonds. The molecule has 2 aliphatic carbocycles. The third-order valence-electron chi connectivity index (χ3n) is 6.38. The molecule has 0 N–H and O–H groups in total. The van der Waals surface area contributed by atoms with Crippen molar-refractivity contribution in [3.63, 3.8) is 0 Å². The van der Waals surface area contributed by atoms with Gasteiger partial charge in [0.25, 0.3) is 17.0 Å². The average molecular weight is 662 g/mol. The molecule has 0 aliphatic heterocycles. The van der Waals surface area contributed by atoms with Gasteiger partial charge in [0.2, 0.25) is 0 Å². The van der Waals surface area contributed by atoms with Crippen LogP contribution in [-0.4, -0.2) is 82.4 Å². The lowest BCUT2D eigenvalue weighted by Crippen LogP contribution is -3.04. The Morgan fingerprint density at radius 2 is 0.525 bits per heavy atom. The second-order valence-corrected chi connectivity index (χ2v) is 8.23. The number of rotatable bonds is 1. The highest BCUT2D eigenvalue weighted by molar-refractivity contribution is 5.49. The van der Waals surface area contributed by atoms with Crippen LogP contribution in [0.5, 0.6) is 0 Å². The number of hydrogen-bond donors (Lipinski definition) is 0. The first-order chi connectivity index (χ1) is 16.8. The zero-order chi connectivity index (χ0) is 33.0. The maximum absolute atomic E-state index is 15.5. The lowest BCUT2D eigenvalue weighted by Gasteiger charge is -2.68. The molecule has 0 spiro atoms. The predicted molar refractivity (Wildman–Crippen MR) is 67.0 cm³/mol. The van der Waals surface area contributed by atoms with Gasteiger partial charge in [-0.15, -0.1) is 0 Å². The van der Waals surface area contributed by atoms with Crippen molar-refractivity contribution in [1.29, 1.82) is 0 Å². The van der Waals surface area contributed by atoms with E-state index in [-0.39, 0.29) is 0 Å². The van der Waals surface area contributed by atoms with Crippen molar-refractivity contribution in [2.24, 2.45) is 0 Å². The van der Waals surface area contributed by atoms with Crippen LogP contribution in [0, 0.1) is 0 Å². The Morgan fingerprint density at radius 1 is 0.275 bits per heavy atom. The standard InChI is InChI=1S/C14F26/c15-1(5(19,13(35,36)37)14(38,39)40)2(16)3(17,7(22,23)9(26,27)4(1,18)12(32,33)34)8(24,25)11(30,31)10(28,29)6(2,20)21. The molecule has 4 atom stereocenters. The SMILES string of the molecule is FC(F)(F)C(F)(C(F)(F)F)C1(F)C(F)(C(F)(F)F)C(F)(F)C(F)(F)C2(F)C(F)(F)C(F)(F)C(F)(F)C(F)(F)C21F. The molecule has 0 bridgehead atoms. The van der Waals surface area contributed by atoms with Gasteiger partial charge in [-0.3, -0.25) is 0 Å². The van der Waals surface area contributed by atoms with E-state index >= 15 is 8.78 Å². The van der Waals surface area contributed by atoms with Crippen molar-refractivity contribution < 1.29 is 114 Å². The van der Waals surface area contributed by atoms with Gasteiger partial charge in [0.05, 0.1) is 0 Å². The van der Waals surface area contributed by atoms with Crippen molar-refractivity contribution >= 4 is 0 Å². The largest absolute Gasteiger partial charge is 0.435 e. The quantitative estimate of drug-likeness (QED) is 0.250. The first kappa shape index (κ1) is 34.4. The maximum atomic E-state index is 15.5. The van der Waals surface area contributed by atoms with Gasteiger partial charge in [0.15, 0.2) is 0 Å². The molecule has 238 valence electrons. The van der Waals surface area contributed by atoms with Crippen molar-refractivity contribution in [3.05, 3.63) is 0 Å². The molecule has 0 aromatic heterocycles. The second-order valence-electron chi connectivity index (χ2n) is 8.23. The topological polar surface area (TPSA) is 0 Å². The second kappa shape index (κ2) is 7.21. The third kappa shape index (κ3) is 2.52. The molecule has 0 radical (unpaired) electrons. The summed E-state index contributed by atoms with van der Waals surface area (Å²) in [4.78, 5) is 0. The summed E-state index contributed by atoms with van der Waals surface area (Å²) in [6.07, 6.45) is -28.0. The molecule has 0 aromatic carbocycles. The fourth-order valence-electron chi connectivity index (χ4n) is 4.41. The molecule has 40 heavy (non-hydrogen) atoms. The summed E-state index contributed by atoms with van der Waals surface area (Å²) in [7, 11) is 0. The molecule has 0 nitrogen and oxygen atoms in total. The van der Waals surface area contributed by atoms with Gasteiger partial charge in [-0.2, -0.15) is 92.2 Å².